The average molecular weight is 241 g/mol. The zero-order valence-electron chi connectivity index (χ0n) is 11.0. The van der Waals surface area contributed by atoms with Gasteiger partial charge in [0.2, 0.25) is 5.88 Å². The normalized spacial score (nSPS) is 12.1. The summed E-state index contributed by atoms with van der Waals surface area (Å²) in [6.07, 6.45) is 2.19. The fourth-order valence-corrected chi connectivity index (χ4v) is 1.99. The molecule has 94 valence electrons. The Bertz CT molecular complexity index is 481. The monoisotopic (exact) mass is 241 g/mol. The Kier molecular flexibility index (Phi) is 4.35. The van der Waals surface area contributed by atoms with Crippen LogP contribution in [-0.4, -0.2) is 12.1 Å². The number of aryl methyl sites for hydroxylation is 1. The van der Waals surface area contributed by atoms with Crippen molar-refractivity contribution in [2.45, 2.75) is 25.7 Å². The Hall–Kier alpha value is -1.83. The summed E-state index contributed by atoms with van der Waals surface area (Å²) in [5, 5.41) is 0. The molecule has 2 aromatic rings. The van der Waals surface area contributed by atoms with Gasteiger partial charge in [0.25, 0.3) is 0 Å². The molecule has 0 aliphatic rings. The van der Waals surface area contributed by atoms with E-state index in [0.717, 1.165) is 18.5 Å². The minimum atomic E-state index is 0.445. The summed E-state index contributed by atoms with van der Waals surface area (Å²) in [7, 11) is 1.65. The van der Waals surface area contributed by atoms with Crippen LogP contribution >= 0.6 is 0 Å². The molecule has 2 nitrogen and oxygen atoms in total. The Morgan fingerprint density at radius 1 is 1.06 bits per heavy atom. The lowest BCUT2D eigenvalue weighted by atomic mass is 9.98. The zero-order chi connectivity index (χ0) is 12.8. The molecule has 2 heteroatoms. The molecule has 0 saturated carbocycles. The Morgan fingerprint density at radius 3 is 2.56 bits per heavy atom. The highest BCUT2D eigenvalue weighted by molar-refractivity contribution is 5.19. The van der Waals surface area contributed by atoms with Gasteiger partial charge in [0.05, 0.1) is 7.11 Å². The SMILES string of the molecule is COc1cccc([C@H](C)CCc2ccccc2)n1. The Labute approximate surface area is 109 Å². The highest BCUT2D eigenvalue weighted by atomic mass is 16.5. The van der Waals surface area contributed by atoms with E-state index in [-0.39, 0.29) is 0 Å². The molecule has 0 radical (unpaired) electrons. The van der Waals surface area contributed by atoms with Crippen molar-refractivity contribution < 1.29 is 4.74 Å². The average Bonchev–Trinajstić information content (AvgIpc) is 2.46. The summed E-state index contributed by atoms with van der Waals surface area (Å²) in [5.74, 6) is 1.14. The number of benzene rings is 1. The number of aromatic nitrogens is 1. The predicted molar refractivity (Wildman–Crippen MR) is 74.0 cm³/mol. The van der Waals surface area contributed by atoms with Gasteiger partial charge >= 0.3 is 0 Å². The lowest BCUT2D eigenvalue weighted by molar-refractivity contribution is 0.395. The van der Waals surface area contributed by atoms with E-state index in [9.17, 15) is 0 Å². The molecule has 0 amide bonds. The zero-order valence-corrected chi connectivity index (χ0v) is 11.0. The first kappa shape index (κ1) is 12.6. The van der Waals surface area contributed by atoms with E-state index >= 15 is 0 Å². The second-order valence-corrected chi connectivity index (χ2v) is 4.53. The predicted octanol–water partition coefficient (Wildman–Crippen LogP) is 3.83. The molecule has 1 atom stereocenters. The van der Waals surface area contributed by atoms with Crippen molar-refractivity contribution in [2.24, 2.45) is 0 Å². The van der Waals surface area contributed by atoms with E-state index in [1.165, 1.54) is 5.56 Å². The first-order valence-electron chi connectivity index (χ1n) is 6.34. The van der Waals surface area contributed by atoms with Gasteiger partial charge in [-0.25, -0.2) is 4.98 Å². The summed E-state index contributed by atoms with van der Waals surface area (Å²) >= 11 is 0. The standard InChI is InChI=1S/C16H19NO/c1-13(11-12-14-7-4-3-5-8-14)15-9-6-10-16(17-15)18-2/h3-10,13H,11-12H2,1-2H3/t13-/m1/s1. The topological polar surface area (TPSA) is 22.1 Å². The molecule has 2 rings (SSSR count). The number of methoxy groups -OCH3 is 1. The maximum Gasteiger partial charge on any atom is 0.213 e. The van der Waals surface area contributed by atoms with Crippen LogP contribution in [0.2, 0.25) is 0 Å². The molecular formula is C16H19NO. The third kappa shape index (κ3) is 3.33. The lowest BCUT2D eigenvalue weighted by Gasteiger charge is -2.11. The van der Waals surface area contributed by atoms with E-state index in [1.807, 2.05) is 12.1 Å². The number of ether oxygens (including phenoxy) is 1. The molecule has 0 spiro atoms. The van der Waals surface area contributed by atoms with Gasteiger partial charge in [-0.2, -0.15) is 0 Å². The molecule has 1 heterocycles. The number of nitrogens with zero attached hydrogens (tertiary/aromatic N) is 1. The lowest BCUT2D eigenvalue weighted by Crippen LogP contribution is -2.00. The van der Waals surface area contributed by atoms with Gasteiger partial charge in [-0.1, -0.05) is 43.3 Å². The van der Waals surface area contributed by atoms with E-state index in [2.05, 4.69) is 48.3 Å². The highest BCUT2D eigenvalue weighted by Crippen LogP contribution is 2.21. The summed E-state index contributed by atoms with van der Waals surface area (Å²) in [6.45, 7) is 2.21. The van der Waals surface area contributed by atoms with Crippen molar-refractivity contribution in [3.05, 3.63) is 59.8 Å². The van der Waals surface area contributed by atoms with E-state index in [1.54, 1.807) is 7.11 Å². The van der Waals surface area contributed by atoms with E-state index in [0.29, 0.717) is 11.8 Å². The van der Waals surface area contributed by atoms with Crippen molar-refractivity contribution in [2.75, 3.05) is 7.11 Å². The number of rotatable bonds is 5. The second kappa shape index (κ2) is 6.20. The maximum atomic E-state index is 5.16. The van der Waals surface area contributed by atoms with Crippen LogP contribution in [0.15, 0.2) is 48.5 Å². The minimum absolute atomic E-state index is 0.445. The van der Waals surface area contributed by atoms with Crippen LogP contribution in [0, 0.1) is 0 Å². The van der Waals surface area contributed by atoms with E-state index in [4.69, 9.17) is 4.74 Å². The molecule has 1 aromatic heterocycles. The van der Waals surface area contributed by atoms with Gasteiger partial charge in [-0.15, -0.1) is 0 Å². The first-order chi connectivity index (χ1) is 8.79. The van der Waals surface area contributed by atoms with Crippen LogP contribution < -0.4 is 4.74 Å². The summed E-state index contributed by atoms with van der Waals surface area (Å²) in [4.78, 5) is 4.48. The molecule has 0 bridgehead atoms. The van der Waals surface area contributed by atoms with Gasteiger partial charge in [0.15, 0.2) is 0 Å². The minimum Gasteiger partial charge on any atom is -0.481 e. The highest BCUT2D eigenvalue weighted by Gasteiger charge is 2.08. The molecule has 0 unspecified atom stereocenters. The van der Waals surface area contributed by atoms with Crippen LogP contribution in [0.4, 0.5) is 0 Å². The largest absolute Gasteiger partial charge is 0.481 e. The Morgan fingerprint density at radius 2 is 1.83 bits per heavy atom. The second-order valence-electron chi connectivity index (χ2n) is 4.53. The van der Waals surface area contributed by atoms with Gasteiger partial charge in [0, 0.05) is 11.8 Å². The van der Waals surface area contributed by atoms with Gasteiger partial charge in [0.1, 0.15) is 0 Å². The Balaban J connectivity index is 1.97. The summed E-state index contributed by atoms with van der Waals surface area (Å²) < 4.78 is 5.16. The molecule has 1 aromatic carbocycles. The van der Waals surface area contributed by atoms with Crippen LogP contribution in [-0.2, 0) is 6.42 Å². The van der Waals surface area contributed by atoms with Crippen molar-refractivity contribution in [3.8, 4) is 5.88 Å². The fourth-order valence-electron chi connectivity index (χ4n) is 1.99. The van der Waals surface area contributed by atoms with Crippen LogP contribution in [0.3, 0.4) is 0 Å². The molecular weight excluding hydrogens is 222 g/mol. The van der Waals surface area contributed by atoms with Gasteiger partial charge < -0.3 is 4.74 Å². The number of hydrogen-bond acceptors (Lipinski definition) is 2. The van der Waals surface area contributed by atoms with Crippen LogP contribution in [0.25, 0.3) is 0 Å². The first-order valence-corrected chi connectivity index (χ1v) is 6.34. The van der Waals surface area contributed by atoms with Gasteiger partial charge in [-0.3, -0.25) is 0 Å². The van der Waals surface area contributed by atoms with Crippen LogP contribution in [0.1, 0.15) is 30.5 Å². The number of hydrogen-bond donors (Lipinski definition) is 0. The molecule has 0 aliphatic heterocycles. The number of pyridine rings is 1. The third-order valence-corrected chi connectivity index (χ3v) is 3.17. The fraction of sp³-hybridized carbons (Fsp3) is 0.312. The van der Waals surface area contributed by atoms with Crippen molar-refractivity contribution >= 4 is 0 Å². The maximum absolute atomic E-state index is 5.16. The third-order valence-electron chi connectivity index (χ3n) is 3.17. The molecule has 0 saturated heterocycles. The van der Waals surface area contributed by atoms with Crippen molar-refractivity contribution in [1.82, 2.24) is 4.98 Å². The van der Waals surface area contributed by atoms with E-state index < -0.39 is 0 Å². The summed E-state index contributed by atoms with van der Waals surface area (Å²) in [6, 6.07) is 16.5. The summed E-state index contributed by atoms with van der Waals surface area (Å²) in [5.41, 5.74) is 2.48. The molecule has 0 fully saturated rings. The van der Waals surface area contributed by atoms with Crippen LogP contribution in [0.5, 0.6) is 5.88 Å². The molecule has 0 N–H and O–H groups in total. The smallest absolute Gasteiger partial charge is 0.213 e. The van der Waals surface area contributed by atoms with Crippen molar-refractivity contribution in [1.29, 1.82) is 0 Å². The van der Waals surface area contributed by atoms with Crippen molar-refractivity contribution in [3.63, 3.8) is 0 Å². The quantitative estimate of drug-likeness (QED) is 0.793. The molecule has 0 aliphatic carbocycles. The van der Waals surface area contributed by atoms with Gasteiger partial charge in [-0.05, 0) is 30.4 Å². The molecule has 18 heavy (non-hydrogen) atoms.